The van der Waals surface area contributed by atoms with Crippen LogP contribution in [0.25, 0.3) is 0 Å². The van der Waals surface area contributed by atoms with E-state index in [1.165, 1.54) is 24.3 Å². The van der Waals surface area contributed by atoms with Gasteiger partial charge in [-0.1, -0.05) is 36.4 Å². The van der Waals surface area contributed by atoms with E-state index in [-0.39, 0.29) is 12.4 Å². The van der Waals surface area contributed by atoms with Crippen molar-refractivity contribution in [1.29, 1.82) is 0 Å². The molecule has 0 bridgehead atoms. The number of hydrogen-bond acceptors (Lipinski definition) is 4. The molecular weight excluding hydrogens is 369 g/mol. The minimum Gasteiger partial charge on any atom is -0.489 e. The maximum absolute atomic E-state index is 12.2. The molecule has 0 heterocycles. The highest BCUT2D eigenvalue weighted by Crippen LogP contribution is 2.25. The molecule has 4 nitrogen and oxygen atoms in total. The number of nitrogens with one attached hydrogen (secondary N) is 1. The molecule has 0 aliphatic heterocycles. The molecule has 3 aromatic carbocycles. The largest absolute Gasteiger partial charge is 0.573 e. The van der Waals surface area contributed by atoms with Crippen molar-refractivity contribution in [1.82, 2.24) is 0 Å². The zero-order valence-corrected chi connectivity index (χ0v) is 14.7. The predicted molar refractivity (Wildman–Crippen MR) is 102 cm³/mol. The van der Waals surface area contributed by atoms with E-state index in [2.05, 4.69) is 15.3 Å². The van der Waals surface area contributed by atoms with Crippen molar-refractivity contribution in [2.45, 2.75) is 13.0 Å². The molecule has 0 aliphatic carbocycles. The monoisotopic (exact) mass is 386 g/mol. The van der Waals surface area contributed by atoms with Crippen LogP contribution in [0.4, 0.5) is 18.9 Å². The first-order valence-corrected chi connectivity index (χ1v) is 8.40. The summed E-state index contributed by atoms with van der Waals surface area (Å²) in [5.41, 5.74) is 5.61. The average molecular weight is 386 g/mol. The van der Waals surface area contributed by atoms with E-state index in [1.807, 2.05) is 54.6 Å². The summed E-state index contributed by atoms with van der Waals surface area (Å²) < 4.78 is 45.9. The van der Waals surface area contributed by atoms with Crippen molar-refractivity contribution in [3.63, 3.8) is 0 Å². The Kier molecular flexibility index (Phi) is 6.16. The number of ether oxygens (including phenoxy) is 2. The number of anilines is 1. The first-order chi connectivity index (χ1) is 13.5. The summed E-state index contributed by atoms with van der Waals surface area (Å²) in [7, 11) is 0. The van der Waals surface area contributed by atoms with Crippen LogP contribution in [-0.4, -0.2) is 12.6 Å². The maximum Gasteiger partial charge on any atom is 0.573 e. The number of halogens is 3. The number of nitrogens with zero attached hydrogens (tertiary/aromatic N) is 1. The second-order valence-electron chi connectivity index (χ2n) is 5.79. The van der Waals surface area contributed by atoms with Crippen molar-refractivity contribution in [2.75, 3.05) is 5.43 Å². The molecular formula is C21H17F3N2O2. The van der Waals surface area contributed by atoms with E-state index in [9.17, 15) is 13.2 Å². The van der Waals surface area contributed by atoms with Gasteiger partial charge in [-0.15, -0.1) is 13.2 Å². The van der Waals surface area contributed by atoms with Crippen LogP contribution in [0.3, 0.4) is 0 Å². The zero-order chi connectivity index (χ0) is 19.8. The molecule has 0 radical (unpaired) electrons. The maximum atomic E-state index is 12.2. The Labute approximate surface area is 160 Å². The van der Waals surface area contributed by atoms with Gasteiger partial charge in [0.1, 0.15) is 18.1 Å². The number of para-hydroxylation sites is 1. The number of hydrazone groups is 1. The zero-order valence-electron chi connectivity index (χ0n) is 14.7. The molecule has 28 heavy (non-hydrogen) atoms. The Morgan fingerprint density at radius 2 is 1.57 bits per heavy atom. The number of hydrogen-bond donors (Lipinski definition) is 1. The topological polar surface area (TPSA) is 42.9 Å². The minimum absolute atomic E-state index is 0.271. The molecule has 0 amide bonds. The van der Waals surface area contributed by atoms with Crippen LogP contribution < -0.4 is 14.9 Å². The summed E-state index contributed by atoms with van der Waals surface area (Å²) in [4.78, 5) is 0. The van der Waals surface area contributed by atoms with Gasteiger partial charge < -0.3 is 9.47 Å². The van der Waals surface area contributed by atoms with Crippen molar-refractivity contribution in [3.05, 3.63) is 90.0 Å². The molecule has 0 aromatic heterocycles. The van der Waals surface area contributed by atoms with Crippen LogP contribution in [0.1, 0.15) is 11.1 Å². The highest BCUT2D eigenvalue weighted by atomic mass is 19.4. The van der Waals surface area contributed by atoms with Gasteiger partial charge in [0.05, 0.1) is 11.9 Å². The Balaban J connectivity index is 1.54. The van der Waals surface area contributed by atoms with E-state index in [0.717, 1.165) is 16.8 Å². The van der Waals surface area contributed by atoms with E-state index in [0.29, 0.717) is 5.75 Å². The molecule has 0 aliphatic rings. The van der Waals surface area contributed by atoms with Crippen LogP contribution in [0.5, 0.6) is 11.5 Å². The molecule has 144 valence electrons. The standard InChI is InChI=1S/C21H17F3N2O2/c22-21(23,24)28-20-11-9-19(10-12-20)27-15-17-6-4-5-16(13-17)14-25-26-18-7-2-1-3-8-18/h1-14,26H,15H2. The summed E-state index contributed by atoms with van der Waals surface area (Å²) in [6.45, 7) is 0.271. The quantitative estimate of drug-likeness (QED) is 0.424. The fourth-order valence-corrected chi connectivity index (χ4v) is 2.36. The smallest absolute Gasteiger partial charge is 0.489 e. The third kappa shape index (κ3) is 6.35. The molecule has 0 atom stereocenters. The van der Waals surface area contributed by atoms with Crippen LogP contribution in [0, 0.1) is 0 Å². The van der Waals surface area contributed by atoms with E-state index in [1.54, 1.807) is 6.21 Å². The SMILES string of the molecule is FC(F)(F)Oc1ccc(OCc2cccc(C=NNc3ccccc3)c2)cc1. The lowest BCUT2D eigenvalue weighted by Crippen LogP contribution is -2.16. The molecule has 1 N–H and O–H groups in total. The number of benzene rings is 3. The fraction of sp³-hybridized carbons (Fsp3) is 0.0952. The second kappa shape index (κ2) is 8.94. The fourth-order valence-electron chi connectivity index (χ4n) is 2.36. The van der Waals surface area contributed by atoms with Gasteiger partial charge >= 0.3 is 6.36 Å². The number of alkyl halides is 3. The Morgan fingerprint density at radius 1 is 0.857 bits per heavy atom. The van der Waals surface area contributed by atoms with E-state index in [4.69, 9.17) is 4.74 Å². The lowest BCUT2D eigenvalue weighted by atomic mass is 10.1. The Morgan fingerprint density at radius 3 is 2.29 bits per heavy atom. The predicted octanol–water partition coefficient (Wildman–Crippen LogP) is 5.61. The number of rotatable bonds is 7. The molecule has 0 saturated carbocycles. The van der Waals surface area contributed by atoms with E-state index >= 15 is 0 Å². The Hall–Kier alpha value is -3.48. The van der Waals surface area contributed by atoms with Crippen LogP contribution in [0.2, 0.25) is 0 Å². The molecule has 0 saturated heterocycles. The average Bonchev–Trinajstić information content (AvgIpc) is 2.67. The van der Waals surface area contributed by atoms with Gasteiger partial charge in [0, 0.05) is 0 Å². The lowest BCUT2D eigenvalue weighted by molar-refractivity contribution is -0.274. The van der Waals surface area contributed by atoms with Crippen molar-refractivity contribution in [3.8, 4) is 11.5 Å². The van der Waals surface area contributed by atoms with Gasteiger partial charge in [0.15, 0.2) is 0 Å². The molecule has 0 fully saturated rings. The van der Waals surface area contributed by atoms with Crippen LogP contribution in [0.15, 0.2) is 84.0 Å². The molecule has 3 rings (SSSR count). The van der Waals surface area contributed by atoms with Crippen LogP contribution in [-0.2, 0) is 6.61 Å². The van der Waals surface area contributed by atoms with Crippen LogP contribution >= 0.6 is 0 Å². The summed E-state index contributed by atoms with van der Waals surface area (Å²) in [5.74, 6) is 0.156. The third-order valence-electron chi connectivity index (χ3n) is 3.59. The van der Waals surface area contributed by atoms with Gasteiger partial charge in [-0.3, -0.25) is 5.43 Å². The van der Waals surface area contributed by atoms with Crippen molar-refractivity contribution >= 4 is 11.9 Å². The van der Waals surface area contributed by atoms with Crippen molar-refractivity contribution < 1.29 is 22.6 Å². The van der Waals surface area contributed by atoms with Crippen molar-refractivity contribution in [2.24, 2.45) is 5.10 Å². The van der Waals surface area contributed by atoms with Gasteiger partial charge in [-0.2, -0.15) is 5.10 Å². The highest BCUT2D eigenvalue weighted by molar-refractivity contribution is 5.80. The normalized spacial score (nSPS) is 11.4. The molecule has 0 unspecified atom stereocenters. The van der Waals surface area contributed by atoms with Gasteiger partial charge in [0.25, 0.3) is 0 Å². The third-order valence-corrected chi connectivity index (χ3v) is 3.59. The summed E-state index contributed by atoms with van der Waals surface area (Å²) in [6.07, 6.45) is -3.01. The minimum atomic E-state index is -4.71. The first kappa shape index (κ1) is 19.3. The summed E-state index contributed by atoms with van der Waals surface area (Å²) in [6, 6.07) is 22.4. The molecule has 3 aromatic rings. The molecule has 7 heteroatoms. The summed E-state index contributed by atoms with van der Waals surface area (Å²) in [5, 5.41) is 4.19. The molecule has 0 spiro atoms. The van der Waals surface area contributed by atoms with E-state index < -0.39 is 6.36 Å². The van der Waals surface area contributed by atoms with Gasteiger partial charge in [0.2, 0.25) is 0 Å². The lowest BCUT2D eigenvalue weighted by Gasteiger charge is -2.10. The van der Waals surface area contributed by atoms with Gasteiger partial charge in [-0.25, -0.2) is 0 Å². The van der Waals surface area contributed by atoms with Gasteiger partial charge in [-0.05, 0) is 53.6 Å². The first-order valence-electron chi connectivity index (χ1n) is 8.40. The summed E-state index contributed by atoms with van der Waals surface area (Å²) >= 11 is 0. The highest BCUT2D eigenvalue weighted by Gasteiger charge is 2.30. The Bertz CT molecular complexity index is 911. The second-order valence-corrected chi connectivity index (χ2v) is 5.79.